The van der Waals surface area contributed by atoms with Crippen LogP contribution in [0.15, 0.2) is 29.0 Å². The van der Waals surface area contributed by atoms with Crippen molar-refractivity contribution < 1.29 is 22.7 Å². The predicted octanol–water partition coefficient (Wildman–Crippen LogP) is 4.84. The molecule has 0 spiro atoms. The van der Waals surface area contributed by atoms with Crippen LogP contribution in [0.1, 0.15) is 31.2 Å². The van der Waals surface area contributed by atoms with Gasteiger partial charge in [-0.15, -0.1) is 0 Å². The Labute approximate surface area is 165 Å². The molecule has 1 amide bonds. The fourth-order valence-electron chi connectivity index (χ4n) is 4.11. The number of anilines is 1. The lowest BCUT2D eigenvalue weighted by Crippen LogP contribution is -2.40. The van der Waals surface area contributed by atoms with Gasteiger partial charge in [0.05, 0.1) is 18.8 Å². The normalized spacial score (nSPS) is 23.6. The first-order valence-corrected chi connectivity index (χ1v) is 10.3. The second-order valence-corrected chi connectivity index (χ2v) is 8.26. The van der Waals surface area contributed by atoms with Crippen LogP contribution in [0.4, 0.5) is 23.7 Å². The van der Waals surface area contributed by atoms with Crippen molar-refractivity contribution in [3.05, 3.63) is 52.0 Å². The molecule has 0 saturated carbocycles. The topological polar surface area (TPSA) is 41.6 Å². The molecule has 2 aromatic rings. The van der Waals surface area contributed by atoms with Crippen molar-refractivity contribution in [1.29, 1.82) is 0 Å². The Morgan fingerprint density at radius 2 is 1.86 bits per heavy atom. The van der Waals surface area contributed by atoms with E-state index in [4.69, 9.17) is 4.74 Å². The quantitative estimate of drug-likeness (QED) is 0.718. The Balaban J connectivity index is 1.45. The number of piperidine rings is 1. The Morgan fingerprint density at radius 3 is 2.54 bits per heavy atom. The monoisotopic (exact) mass is 410 g/mol. The molecule has 2 atom stereocenters. The molecule has 3 heterocycles. The van der Waals surface area contributed by atoms with Crippen LogP contribution in [0.25, 0.3) is 0 Å². The Hall–Kier alpha value is -2.06. The lowest BCUT2D eigenvalue weighted by Gasteiger charge is -2.29. The summed E-state index contributed by atoms with van der Waals surface area (Å²) in [6.07, 6.45) is 3.64. The van der Waals surface area contributed by atoms with Gasteiger partial charge in [0, 0.05) is 29.1 Å². The molecule has 28 heavy (non-hydrogen) atoms. The lowest BCUT2D eigenvalue weighted by molar-refractivity contribution is 0.116. The Bertz CT molecular complexity index is 834. The molecule has 8 heteroatoms. The zero-order valence-corrected chi connectivity index (χ0v) is 16.0. The van der Waals surface area contributed by atoms with Gasteiger partial charge in [-0.25, -0.2) is 18.0 Å². The van der Waals surface area contributed by atoms with Crippen LogP contribution in [0.5, 0.6) is 0 Å². The molecular formula is C20H21F3N2O2S. The van der Waals surface area contributed by atoms with E-state index in [0.29, 0.717) is 36.4 Å². The van der Waals surface area contributed by atoms with E-state index in [1.54, 1.807) is 16.8 Å². The minimum Gasteiger partial charge on any atom is -0.449 e. The molecule has 1 N–H and O–H groups in total. The summed E-state index contributed by atoms with van der Waals surface area (Å²) in [6, 6.07) is 3.96. The number of rotatable bonds is 5. The summed E-state index contributed by atoms with van der Waals surface area (Å²) in [5.41, 5.74) is 0.423. The highest BCUT2D eigenvalue weighted by molar-refractivity contribution is 7.08. The van der Waals surface area contributed by atoms with Crippen molar-refractivity contribution in [1.82, 2.24) is 5.32 Å². The third-order valence-electron chi connectivity index (χ3n) is 5.47. The molecule has 2 aliphatic heterocycles. The van der Waals surface area contributed by atoms with Crippen LogP contribution >= 0.6 is 11.3 Å². The third-order valence-corrected chi connectivity index (χ3v) is 6.14. The first-order valence-electron chi connectivity index (χ1n) is 9.35. The van der Waals surface area contributed by atoms with Gasteiger partial charge in [-0.05, 0) is 49.1 Å². The molecular weight excluding hydrogens is 389 g/mol. The molecule has 2 aliphatic rings. The molecule has 0 aliphatic carbocycles. The molecule has 2 saturated heterocycles. The number of nitrogens with zero attached hydrogens (tertiary/aromatic N) is 1. The van der Waals surface area contributed by atoms with E-state index in [9.17, 15) is 18.0 Å². The highest BCUT2D eigenvalue weighted by Gasteiger charge is 2.34. The molecule has 1 aromatic heterocycles. The number of thiophene rings is 1. The molecule has 0 radical (unpaired) electrons. The van der Waals surface area contributed by atoms with Gasteiger partial charge in [0.2, 0.25) is 0 Å². The maximum absolute atomic E-state index is 14.1. The zero-order valence-electron chi connectivity index (χ0n) is 15.2. The second-order valence-electron chi connectivity index (χ2n) is 7.48. The second kappa shape index (κ2) is 8.13. The largest absolute Gasteiger partial charge is 0.449 e. The minimum absolute atomic E-state index is 0.109. The summed E-state index contributed by atoms with van der Waals surface area (Å²) in [4.78, 5) is 14.0. The number of fused-ring (bicyclic) bond motifs is 2. The minimum atomic E-state index is -1.26. The van der Waals surface area contributed by atoms with Crippen LogP contribution < -0.4 is 10.2 Å². The van der Waals surface area contributed by atoms with Gasteiger partial charge in [0.25, 0.3) is 0 Å². The Kier molecular flexibility index (Phi) is 5.59. The molecule has 2 bridgehead atoms. The fraction of sp³-hybridized carbons (Fsp3) is 0.450. The van der Waals surface area contributed by atoms with Gasteiger partial charge in [0.1, 0.15) is 5.82 Å². The van der Waals surface area contributed by atoms with Gasteiger partial charge < -0.3 is 10.1 Å². The standard InChI is InChI=1S/C20H21F3N2O2S/c21-17-8-19(23)18(22)7-13(17)9-25(16-3-4-28-11-16)20(26)27-10-12-5-14-1-2-15(6-12)24-14/h3-4,7-8,11-12,14-15,24H,1-2,5-6,9-10H2. The van der Waals surface area contributed by atoms with Crippen molar-refractivity contribution >= 4 is 23.1 Å². The summed E-state index contributed by atoms with van der Waals surface area (Å²) in [5, 5.41) is 7.05. The number of carbonyl (C=O) groups excluding carboxylic acids is 1. The van der Waals surface area contributed by atoms with E-state index in [1.807, 2.05) is 0 Å². The SMILES string of the molecule is O=C(OCC1CC2CCC(C1)N2)N(Cc1cc(F)c(F)cc1F)c1ccsc1. The molecule has 4 rings (SSSR count). The van der Waals surface area contributed by atoms with E-state index >= 15 is 0 Å². The number of hydrogen-bond acceptors (Lipinski definition) is 4. The van der Waals surface area contributed by atoms with Gasteiger partial charge in [-0.1, -0.05) is 0 Å². The highest BCUT2D eigenvalue weighted by atomic mass is 32.1. The van der Waals surface area contributed by atoms with Crippen molar-refractivity contribution in [2.75, 3.05) is 11.5 Å². The number of ether oxygens (including phenoxy) is 1. The van der Waals surface area contributed by atoms with Crippen molar-refractivity contribution in [3.63, 3.8) is 0 Å². The predicted molar refractivity (Wildman–Crippen MR) is 101 cm³/mol. The summed E-state index contributed by atoms with van der Waals surface area (Å²) in [5.74, 6) is -3.01. The fourth-order valence-corrected chi connectivity index (χ4v) is 4.75. The van der Waals surface area contributed by atoms with Crippen molar-refractivity contribution in [3.8, 4) is 0 Å². The van der Waals surface area contributed by atoms with Gasteiger partial charge in [-0.2, -0.15) is 11.3 Å². The van der Waals surface area contributed by atoms with E-state index in [1.165, 1.54) is 16.2 Å². The molecule has 2 fully saturated rings. The van der Waals surface area contributed by atoms with Crippen molar-refractivity contribution in [2.45, 2.75) is 44.3 Å². The summed E-state index contributed by atoms with van der Waals surface area (Å²) in [6.45, 7) is 0.0600. The number of hydrogen-bond donors (Lipinski definition) is 1. The van der Waals surface area contributed by atoms with E-state index in [0.717, 1.165) is 31.7 Å². The molecule has 1 aromatic carbocycles. The lowest BCUT2D eigenvalue weighted by atomic mass is 9.93. The molecule has 2 unspecified atom stereocenters. The summed E-state index contributed by atoms with van der Waals surface area (Å²) in [7, 11) is 0. The van der Waals surface area contributed by atoms with Crippen LogP contribution in [0, 0.1) is 23.4 Å². The average Bonchev–Trinajstić information content (AvgIpc) is 3.31. The third kappa shape index (κ3) is 4.17. The van der Waals surface area contributed by atoms with Crippen molar-refractivity contribution in [2.24, 2.45) is 5.92 Å². The highest BCUT2D eigenvalue weighted by Crippen LogP contribution is 2.31. The van der Waals surface area contributed by atoms with Crippen LogP contribution in [0.2, 0.25) is 0 Å². The maximum Gasteiger partial charge on any atom is 0.414 e. The first kappa shape index (κ1) is 19.3. The first-order chi connectivity index (χ1) is 13.5. The number of benzene rings is 1. The number of nitrogens with one attached hydrogen (secondary N) is 1. The van der Waals surface area contributed by atoms with Crippen LogP contribution in [0.3, 0.4) is 0 Å². The summed E-state index contributed by atoms with van der Waals surface area (Å²) >= 11 is 1.38. The Morgan fingerprint density at radius 1 is 1.14 bits per heavy atom. The number of halogens is 3. The van der Waals surface area contributed by atoms with E-state index in [-0.39, 0.29) is 12.1 Å². The van der Waals surface area contributed by atoms with Crippen LogP contribution in [-0.4, -0.2) is 24.8 Å². The number of carbonyl (C=O) groups is 1. The maximum atomic E-state index is 14.1. The van der Waals surface area contributed by atoms with Gasteiger partial charge in [0.15, 0.2) is 11.6 Å². The summed E-state index contributed by atoms with van der Waals surface area (Å²) < 4.78 is 46.4. The van der Waals surface area contributed by atoms with Crippen LogP contribution in [-0.2, 0) is 11.3 Å². The molecule has 150 valence electrons. The van der Waals surface area contributed by atoms with Gasteiger partial charge >= 0.3 is 6.09 Å². The van der Waals surface area contributed by atoms with Gasteiger partial charge in [-0.3, -0.25) is 4.90 Å². The molecule has 4 nitrogen and oxygen atoms in total. The van der Waals surface area contributed by atoms with E-state index < -0.39 is 23.5 Å². The van der Waals surface area contributed by atoms with E-state index in [2.05, 4.69) is 5.32 Å². The smallest absolute Gasteiger partial charge is 0.414 e. The number of amides is 1. The average molecular weight is 410 g/mol. The zero-order chi connectivity index (χ0) is 19.7.